The van der Waals surface area contributed by atoms with E-state index < -0.39 is 0 Å². The highest BCUT2D eigenvalue weighted by Crippen LogP contribution is 2.18. The summed E-state index contributed by atoms with van der Waals surface area (Å²) < 4.78 is 6.47. The summed E-state index contributed by atoms with van der Waals surface area (Å²) >= 11 is 0. The zero-order chi connectivity index (χ0) is 16.7. The minimum absolute atomic E-state index is 0.0137. The molecule has 4 rings (SSSR count). The predicted octanol–water partition coefficient (Wildman–Crippen LogP) is 0.622. The first-order valence-electron chi connectivity index (χ1n) is 7.74. The Morgan fingerprint density at radius 2 is 1.96 bits per heavy atom. The van der Waals surface area contributed by atoms with Crippen molar-refractivity contribution in [3.8, 4) is 0 Å². The lowest BCUT2D eigenvalue weighted by molar-refractivity contribution is 0.0746. The number of carbonyl (C=O) groups is 1. The molecule has 0 aromatic carbocycles. The van der Waals surface area contributed by atoms with Crippen LogP contribution in [0.25, 0.3) is 11.0 Å². The molecule has 4 heterocycles. The van der Waals surface area contributed by atoms with Crippen molar-refractivity contribution in [3.05, 3.63) is 29.7 Å². The Kier molecular flexibility index (Phi) is 3.40. The van der Waals surface area contributed by atoms with E-state index in [4.69, 9.17) is 4.63 Å². The third-order valence-corrected chi connectivity index (χ3v) is 4.34. The third kappa shape index (κ3) is 2.38. The molecule has 0 unspecified atom stereocenters. The Labute approximate surface area is 137 Å². The molecule has 3 aromatic rings. The molecule has 0 saturated carbocycles. The van der Waals surface area contributed by atoms with Crippen molar-refractivity contribution in [2.24, 2.45) is 7.05 Å². The molecule has 9 nitrogen and oxygen atoms in total. The maximum Gasteiger partial charge on any atom is 0.255 e. The van der Waals surface area contributed by atoms with E-state index in [2.05, 4.69) is 25.3 Å². The molecule has 0 bridgehead atoms. The SMILES string of the molecule is Cc1nonc1N1CCN(C(=O)c2cnc3cnn(C)c3c2)CC1. The number of hydrogen-bond donors (Lipinski definition) is 0. The smallest absolute Gasteiger partial charge is 0.255 e. The number of amides is 1. The third-order valence-electron chi connectivity index (χ3n) is 4.34. The molecule has 1 fully saturated rings. The summed E-state index contributed by atoms with van der Waals surface area (Å²) in [6.45, 7) is 4.49. The van der Waals surface area contributed by atoms with Crippen LogP contribution in [0.2, 0.25) is 0 Å². The number of carbonyl (C=O) groups excluding carboxylic acids is 1. The average molecular weight is 327 g/mol. The first kappa shape index (κ1) is 14.6. The highest BCUT2D eigenvalue weighted by molar-refractivity contribution is 5.96. The summed E-state index contributed by atoms with van der Waals surface area (Å²) in [5.74, 6) is 0.736. The lowest BCUT2D eigenvalue weighted by Gasteiger charge is -2.34. The zero-order valence-corrected chi connectivity index (χ0v) is 13.5. The lowest BCUT2D eigenvalue weighted by atomic mass is 10.2. The summed E-state index contributed by atoms with van der Waals surface area (Å²) in [7, 11) is 1.84. The molecule has 0 atom stereocenters. The molecular weight excluding hydrogens is 310 g/mol. The van der Waals surface area contributed by atoms with Gasteiger partial charge in [-0.2, -0.15) is 5.10 Å². The molecule has 3 aromatic heterocycles. The Bertz CT molecular complexity index is 892. The van der Waals surface area contributed by atoms with Gasteiger partial charge < -0.3 is 9.80 Å². The van der Waals surface area contributed by atoms with Gasteiger partial charge in [-0.3, -0.25) is 14.5 Å². The highest BCUT2D eigenvalue weighted by Gasteiger charge is 2.25. The van der Waals surface area contributed by atoms with Crippen molar-refractivity contribution in [2.75, 3.05) is 31.1 Å². The van der Waals surface area contributed by atoms with Gasteiger partial charge in [0.1, 0.15) is 11.2 Å². The van der Waals surface area contributed by atoms with Gasteiger partial charge >= 0.3 is 0 Å². The summed E-state index contributed by atoms with van der Waals surface area (Å²) in [5, 5.41) is 11.9. The van der Waals surface area contributed by atoms with Gasteiger partial charge in [0.15, 0.2) is 5.82 Å². The number of pyridine rings is 1. The molecule has 1 saturated heterocycles. The largest absolute Gasteiger partial charge is 0.349 e. The van der Waals surface area contributed by atoms with Gasteiger partial charge in [0.2, 0.25) is 0 Å². The maximum absolute atomic E-state index is 12.7. The molecule has 0 spiro atoms. The van der Waals surface area contributed by atoms with Gasteiger partial charge in [-0.15, -0.1) is 0 Å². The van der Waals surface area contributed by atoms with Crippen molar-refractivity contribution >= 4 is 22.8 Å². The van der Waals surface area contributed by atoms with Gasteiger partial charge in [0, 0.05) is 39.4 Å². The van der Waals surface area contributed by atoms with Crippen molar-refractivity contribution in [1.82, 2.24) is 30.0 Å². The minimum Gasteiger partial charge on any atom is -0.349 e. The Balaban J connectivity index is 1.49. The fraction of sp³-hybridized carbons (Fsp3) is 0.400. The Morgan fingerprint density at radius 3 is 2.67 bits per heavy atom. The number of fused-ring (bicyclic) bond motifs is 1. The number of nitrogens with zero attached hydrogens (tertiary/aromatic N) is 7. The zero-order valence-electron chi connectivity index (χ0n) is 13.5. The monoisotopic (exact) mass is 327 g/mol. The molecule has 9 heteroatoms. The van der Waals surface area contributed by atoms with E-state index in [1.54, 1.807) is 17.1 Å². The summed E-state index contributed by atoms with van der Waals surface area (Å²) in [6.07, 6.45) is 3.31. The lowest BCUT2D eigenvalue weighted by Crippen LogP contribution is -2.49. The van der Waals surface area contributed by atoms with Crippen molar-refractivity contribution in [3.63, 3.8) is 0 Å². The average Bonchev–Trinajstić information content (AvgIpc) is 3.20. The number of rotatable bonds is 2. The van der Waals surface area contributed by atoms with Crippen molar-refractivity contribution < 1.29 is 9.42 Å². The van der Waals surface area contributed by atoms with Crippen LogP contribution in [0.1, 0.15) is 16.1 Å². The van der Waals surface area contributed by atoms with Crippen LogP contribution in [0.3, 0.4) is 0 Å². The summed E-state index contributed by atoms with van der Waals surface area (Å²) in [4.78, 5) is 21.0. The number of aryl methyl sites for hydroxylation is 2. The van der Waals surface area contributed by atoms with Crippen LogP contribution >= 0.6 is 0 Å². The van der Waals surface area contributed by atoms with Gasteiger partial charge in [-0.25, -0.2) is 4.63 Å². The molecule has 0 aliphatic carbocycles. The second-order valence-electron chi connectivity index (χ2n) is 5.85. The first-order valence-corrected chi connectivity index (χ1v) is 7.74. The van der Waals surface area contributed by atoms with E-state index in [1.165, 1.54) is 0 Å². The first-order chi connectivity index (χ1) is 11.6. The fourth-order valence-corrected chi connectivity index (χ4v) is 2.96. The molecule has 0 N–H and O–H groups in total. The second-order valence-corrected chi connectivity index (χ2v) is 5.85. The van der Waals surface area contributed by atoms with E-state index in [0.717, 1.165) is 22.5 Å². The van der Waals surface area contributed by atoms with Crippen LogP contribution in [0.4, 0.5) is 5.82 Å². The quantitative estimate of drug-likeness (QED) is 0.681. The molecule has 0 radical (unpaired) electrons. The summed E-state index contributed by atoms with van der Waals surface area (Å²) in [5.41, 5.74) is 2.98. The van der Waals surface area contributed by atoms with Gasteiger partial charge in [-0.1, -0.05) is 5.16 Å². The van der Waals surface area contributed by atoms with Gasteiger partial charge in [0.25, 0.3) is 5.91 Å². The van der Waals surface area contributed by atoms with Crippen LogP contribution in [0.15, 0.2) is 23.1 Å². The van der Waals surface area contributed by atoms with Crippen LogP contribution in [0, 0.1) is 6.92 Å². The standard InChI is InChI=1S/C15H17N7O2/c1-10-14(19-24-18-10)21-3-5-22(6-4-21)15(23)11-7-13-12(16-8-11)9-17-20(13)2/h7-9H,3-6H2,1-2H3. The van der Waals surface area contributed by atoms with Gasteiger partial charge in [0.05, 0.1) is 17.3 Å². The second kappa shape index (κ2) is 5.59. The molecule has 24 heavy (non-hydrogen) atoms. The maximum atomic E-state index is 12.7. The van der Waals surface area contributed by atoms with E-state index in [0.29, 0.717) is 31.7 Å². The van der Waals surface area contributed by atoms with E-state index in [9.17, 15) is 4.79 Å². The number of aromatic nitrogens is 5. The fourth-order valence-electron chi connectivity index (χ4n) is 2.96. The van der Waals surface area contributed by atoms with Crippen LogP contribution < -0.4 is 4.90 Å². The predicted molar refractivity (Wildman–Crippen MR) is 85.7 cm³/mol. The number of piperazine rings is 1. The Morgan fingerprint density at radius 1 is 1.17 bits per heavy atom. The molecule has 1 amide bonds. The molecule has 1 aliphatic rings. The normalized spacial score (nSPS) is 15.2. The minimum atomic E-state index is -0.0137. The van der Waals surface area contributed by atoms with Crippen molar-refractivity contribution in [2.45, 2.75) is 6.92 Å². The molecular formula is C15H17N7O2. The number of hydrogen-bond acceptors (Lipinski definition) is 7. The topological polar surface area (TPSA) is 93.2 Å². The van der Waals surface area contributed by atoms with Crippen LogP contribution in [-0.2, 0) is 7.05 Å². The van der Waals surface area contributed by atoms with Crippen LogP contribution in [-0.4, -0.2) is 62.1 Å². The van der Waals surface area contributed by atoms with Crippen LogP contribution in [0.5, 0.6) is 0 Å². The summed E-state index contributed by atoms with van der Waals surface area (Å²) in [6, 6.07) is 1.84. The highest BCUT2D eigenvalue weighted by atomic mass is 16.6. The van der Waals surface area contributed by atoms with E-state index in [-0.39, 0.29) is 5.91 Å². The molecule has 124 valence electrons. The molecule has 1 aliphatic heterocycles. The van der Waals surface area contributed by atoms with Crippen molar-refractivity contribution in [1.29, 1.82) is 0 Å². The number of anilines is 1. The van der Waals surface area contributed by atoms with E-state index >= 15 is 0 Å². The van der Waals surface area contributed by atoms with Gasteiger partial charge in [-0.05, 0) is 18.1 Å². The Hall–Kier alpha value is -2.97. The van der Waals surface area contributed by atoms with E-state index in [1.807, 2.05) is 24.9 Å².